The van der Waals surface area contributed by atoms with Crippen molar-refractivity contribution >= 4 is 11.6 Å². The van der Waals surface area contributed by atoms with Crippen LogP contribution in [-0.4, -0.2) is 48.1 Å². The lowest BCUT2D eigenvalue weighted by Gasteiger charge is -2.33. The topological polar surface area (TPSA) is 54.5 Å². The average Bonchev–Trinajstić information content (AvgIpc) is 2.53. The van der Waals surface area contributed by atoms with Gasteiger partial charge in [0.05, 0.1) is 23.6 Å². The smallest absolute Gasteiger partial charge is 0.256 e. The molecule has 0 radical (unpaired) electrons. The van der Waals surface area contributed by atoms with Crippen LogP contribution in [0.4, 0.5) is 5.69 Å². The van der Waals surface area contributed by atoms with Crippen LogP contribution in [0.3, 0.4) is 0 Å². The van der Waals surface area contributed by atoms with E-state index < -0.39 is 0 Å². The van der Waals surface area contributed by atoms with E-state index in [0.717, 1.165) is 44.6 Å². The molecule has 1 aliphatic heterocycles. The second kappa shape index (κ2) is 7.98. The van der Waals surface area contributed by atoms with Crippen LogP contribution >= 0.6 is 0 Å². The first-order valence-electron chi connectivity index (χ1n) is 7.85. The van der Waals surface area contributed by atoms with Gasteiger partial charge in [0.15, 0.2) is 0 Å². The summed E-state index contributed by atoms with van der Waals surface area (Å²) in [4.78, 5) is 18.7. The van der Waals surface area contributed by atoms with E-state index in [9.17, 15) is 4.79 Å². The van der Waals surface area contributed by atoms with E-state index in [1.165, 1.54) is 0 Å². The van der Waals surface area contributed by atoms with Gasteiger partial charge < -0.3 is 15.0 Å². The number of piperidine rings is 1. The molecule has 0 saturated carbocycles. The highest BCUT2D eigenvalue weighted by Crippen LogP contribution is 2.20. The van der Waals surface area contributed by atoms with Crippen LogP contribution < -0.4 is 5.32 Å². The van der Waals surface area contributed by atoms with Crippen molar-refractivity contribution in [3.05, 3.63) is 24.0 Å². The second-order valence-corrected chi connectivity index (χ2v) is 5.34. The SMILES string of the molecule is CCCOC1CCCN(C(=O)c2ccncc2NCC)C1. The molecule has 1 aromatic rings. The van der Waals surface area contributed by atoms with Crippen molar-refractivity contribution in [3.8, 4) is 0 Å². The number of amides is 1. The third kappa shape index (κ3) is 4.17. The van der Waals surface area contributed by atoms with Gasteiger partial charge in [-0.2, -0.15) is 0 Å². The normalized spacial score (nSPS) is 18.6. The lowest BCUT2D eigenvalue weighted by Crippen LogP contribution is -2.43. The molecule has 0 aliphatic carbocycles. The highest BCUT2D eigenvalue weighted by atomic mass is 16.5. The summed E-state index contributed by atoms with van der Waals surface area (Å²) in [6.07, 6.45) is 6.61. The van der Waals surface area contributed by atoms with Crippen molar-refractivity contribution in [2.24, 2.45) is 0 Å². The van der Waals surface area contributed by atoms with Gasteiger partial charge in [-0.05, 0) is 32.3 Å². The van der Waals surface area contributed by atoms with Crippen molar-refractivity contribution in [1.82, 2.24) is 9.88 Å². The fourth-order valence-corrected chi connectivity index (χ4v) is 2.63. The van der Waals surface area contributed by atoms with Crippen LogP contribution in [0.15, 0.2) is 18.5 Å². The van der Waals surface area contributed by atoms with E-state index in [-0.39, 0.29) is 12.0 Å². The molecule has 1 amide bonds. The molecule has 1 N–H and O–H groups in total. The minimum atomic E-state index is 0.0677. The number of rotatable bonds is 6. The van der Waals surface area contributed by atoms with E-state index in [1.807, 2.05) is 11.8 Å². The quantitative estimate of drug-likeness (QED) is 0.875. The Morgan fingerprint density at radius 3 is 3.14 bits per heavy atom. The summed E-state index contributed by atoms with van der Waals surface area (Å²) in [6.45, 7) is 7.15. The molecule has 1 unspecified atom stereocenters. The number of hydrogen-bond acceptors (Lipinski definition) is 4. The highest BCUT2D eigenvalue weighted by Gasteiger charge is 2.26. The number of nitrogens with one attached hydrogen (secondary N) is 1. The minimum absolute atomic E-state index is 0.0677. The molecule has 2 rings (SSSR count). The lowest BCUT2D eigenvalue weighted by molar-refractivity contribution is 0.00214. The van der Waals surface area contributed by atoms with E-state index in [1.54, 1.807) is 18.5 Å². The van der Waals surface area contributed by atoms with Gasteiger partial charge in [-0.25, -0.2) is 0 Å². The van der Waals surface area contributed by atoms with Crippen LogP contribution in [0.1, 0.15) is 43.5 Å². The first-order valence-corrected chi connectivity index (χ1v) is 7.85. The van der Waals surface area contributed by atoms with Gasteiger partial charge in [-0.1, -0.05) is 6.92 Å². The Bertz CT molecular complexity index is 465. The van der Waals surface area contributed by atoms with Gasteiger partial charge in [-0.15, -0.1) is 0 Å². The molecule has 5 nitrogen and oxygen atoms in total. The summed E-state index contributed by atoms with van der Waals surface area (Å²) >= 11 is 0. The summed E-state index contributed by atoms with van der Waals surface area (Å²) in [7, 11) is 0. The van der Waals surface area contributed by atoms with Gasteiger partial charge >= 0.3 is 0 Å². The van der Waals surface area contributed by atoms with Crippen molar-refractivity contribution in [2.75, 3.05) is 31.6 Å². The molecule has 0 bridgehead atoms. The lowest BCUT2D eigenvalue weighted by atomic mass is 10.1. The Morgan fingerprint density at radius 1 is 1.52 bits per heavy atom. The third-order valence-corrected chi connectivity index (χ3v) is 3.64. The van der Waals surface area contributed by atoms with Gasteiger partial charge in [0, 0.05) is 32.4 Å². The maximum atomic E-state index is 12.7. The minimum Gasteiger partial charge on any atom is -0.383 e. The molecule has 1 aromatic heterocycles. The Hall–Kier alpha value is -1.62. The molecule has 1 atom stereocenters. The van der Waals surface area contributed by atoms with Crippen LogP contribution in [-0.2, 0) is 4.74 Å². The summed E-state index contributed by atoms with van der Waals surface area (Å²) in [5, 5.41) is 3.20. The monoisotopic (exact) mass is 291 g/mol. The molecule has 5 heteroatoms. The number of carbonyl (C=O) groups is 1. The first kappa shape index (κ1) is 15.8. The number of ether oxygens (including phenoxy) is 1. The summed E-state index contributed by atoms with van der Waals surface area (Å²) in [5.74, 6) is 0.0677. The number of anilines is 1. The zero-order valence-electron chi connectivity index (χ0n) is 13.0. The molecule has 0 aromatic carbocycles. The van der Waals surface area contributed by atoms with Crippen LogP contribution in [0.5, 0.6) is 0 Å². The number of likely N-dealkylation sites (tertiary alicyclic amines) is 1. The predicted octanol–water partition coefficient (Wildman–Crippen LogP) is 2.54. The second-order valence-electron chi connectivity index (χ2n) is 5.34. The maximum absolute atomic E-state index is 12.7. The zero-order chi connectivity index (χ0) is 15.1. The molecular formula is C16H25N3O2. The standard InChI is InChI=1S/C16H25N3O2/c1-3-10-21-13-6-5-9-19(12-13)16(20)14-7-8-17-11-15(14)18-4-2/h7-8,11,13,18H,3-6,9-10,12H2,1-2H3. The van der Waals surface area contributed by atoms with Gasteiger partial charge in [0.2, 0.25) is 0 Å². The first-order chi connectivity index (χ1) is 10.3. The summed E-state index contributed by atoms with van der Waals surface area (Å²) in [5.41, 5.74) is 1.50. The largest absolute Gasteiger partial charge is 0.383 e. The number of aromatic nitrogens is 1. The van der Waals surface area contributed by atoms with Gasteiger partial charge in [-0.3, -0.25) is 9.78 Å². The fraction of sp³-hybridized carbons (Fsp3) is 0.625. The van der Waals surface area contributed by atoms with E-state index >= 15 is 0 Å². The molecule has 2 heterocycles. The molecule has 1 fully saturated rings. The molecule has 116 valence electrons. The van der Waals surface area contributed by atoms with Crippen molar-refractivity contribution in [3.63, 3.8) is 0 Å². The molecule has 1 aliphatic rings. The van der Waals surface area contributed by atoms with E-state index in [4.69, 9.17) is 4.74 Å². The van der Waals surface area contributed by atoms with Crippen LogP contribution in [0, 0.1) is 0 Å². The molecule has 21 heavy (non-hydrogen) atoms. The zero-order valence-corrected chi connectivity index (χ0v) is 13.0. The summed E-state index contributed by atoms with van der Waals surface area (Å²) < 4.78 is 5.80. The third-order valence-electron chi connectivity index (χ3n) is 3.64. The molecule has 1 saturated heterocycles. The van der Waals surface area contributed by atoms with E-state index in [2.05, 4.69) is 17.2 Å². The van der Waals surface area contributed by atoms with E-state index in [0.29, 0.717) is 12.1 Å². The summed E-state index contributed by atoms with van der Waals surface area (Å²) in [6, 6.07) is 1.79. The van der Waals surface area contributed by atoms with Crippen molar-refractivity contribution < 1.29 is 9.53 Å². The van der Waals surface area contributed by atoms with Gasteiger partial charge in [0.1, 0.15) is 0 Å². The van der Waals surface area contributed by atoms with Crippen molar-refractivity contribution in [1.29, 1.82) is 0 Å². The average molecular weight is 291 g/mol. The predicted molar refractivity (Wildman–Crippen MR) is 83.6 cm³/mol. The number of pyridine rings is 1. The Balaban J connectivity index is 2.05. The Labute approximate surface area is 126 Å². The van der Waals surface area contributed by atoms with Gasteiger partial charge in [0.25, 0.3) is 5.91 Å². The van der Waals surface area contributed by atoms with Crippen LogP contribution in [0.2, 0.25) is 0 Å². The van der Waals surface area contributed by atoms with Crippen molar-refractivity contribution in [2.45, 2.75) is 39.2 Å². The molecular weight excluding hydrogens is 266 g/mol. The number of carbonyl (C=O) groups excluding carboxylic acids is 1. The number of nitrogens with zero attached hydrogens (tertiary/aromatic N) is 2. The van der Waals surface area contributed by atoms with Crippen LogP contribution in [0.25, 0.3) is 0 Å². The highest BCUT2D eigenvalue weighted by molar-refractivity contribution is 5.99. The molecule has 0 spiro atoms. The Kier molecular flexibility index (Phi) is 5.99. The maximum Gasteiger partial charge on any atom is 0.256 e. The number of hydrogen-bond donors (Lipinski definition) is 1. The Morgan fingerprint density at radius 2 is 2.38 bits per heavy atom. The fourth-order valence-electron chi connectivity index (χ4n) is 2.63.